The molecule has 2 aromatic heterocycles. The lowest BCUT2D eigenvalue weighted by Gasteiger charge is -2.35. The second-order valence-corrected chi connectivity index (χ2v) is 6.90. The molecule has 2 fully saturated rings. The largest absolute Gasteiger partial charge is 0.459 e. The van der Waals surface area contributed by atoms with Gasteiger partial charge in [-0.25, -0.2) is 9.97 Å². The summed E-state index contributed by atoms with van der Waals surface area (Å²) < 4.78 is 10.6. The van der Waals surface area contributed by atoms with Gasteiger partial charge in [0, 0.05) is 58.4 Å². The number of nitrogens with one attached hydrogen (secondary N) is 1. The number of rotatable bonds is 6. The number of carbonyl (C=O) groups excluding carboxylic acids is 1. The lowest BCUT2D eigenvalue weighted by atomic mass is 10.3. The summed E-state index contributed by atoms with van der Waals surface area (Å²) >= 11 is 0. The van der Waals surface area contributed by atoms with Crippen LogP contribution < -0.4 is 10.2 Å². The topological polar surface area (TPSA) is 87.0 Å². The minimum Gasteiger partial charge on any atom is -0.459 e. The first-order chi connectivity index (χ1) is 13.8. The van der Waals surface area contributed by atoms with Gasteiger partial charge in [0.2, 0.25) is 0 Å². The number of nitrogens with zero attached hydrogens (tertiary/aromatic N) is 5. The van der Waals surface area contributed by atoms with Gasteiger partial charge in [-0.3, -0.25) is 9.69 Å². The van der Waals surface area contributed by atoms with Crippen LogP contribution >= 0.6 is 0 Å². The Bertz CT molecular complexity index is 755. The van der Waals surface area contributed by atoms with E-state index in [2.05, 4.69) is 25.1 Å². The van der Waals surface area contributed by atoms with Crippen molar-refractivity contribution in [3.63, 3.8) is 0 Å². The van der Waals surface area contributed by atoms with Crippen LogP contribution in [0.25, 0.3) is 0 Å². The molecule has 28 heavy (non-hydrogen) atoms. The van der Waals surface area contributed by atoms with Crippen molar-refractivity contribution in [3.05, 3.63) is 36.5 Å². The molecule has 0 spiro atoms. The second kappa shape index (κ2) is 9.03. The predicted octanol–water partition coefficient (Wildman–Crippen LogP) is 0.776. The highest BCUT2D eigenvalue weighted by Gasteiger charge is 2.24. The molecule has 1 N–H and O–H groups in total. The van der Waals surface area contributed by atoms with E-state index in [1.165, 1.54) is 6.26 Å². The zero-order valence-electron chi connectivity index (χ0n) is 15.9. The van der Waals surface area contributed by atoms with Crippen LogP contribution in [0, 0.1) is 0 Å². The van der Waals surface area contributed by atoms with Gasteiger partial charge in [0.05, 0.1) is 19.5 Å². The predicted molar refractivity (Wildman–Crippen MR) is 105 cm³/mol. The van der Waals surface area contributed by atoms with Crippen molar-refractivity contribution in [3.8, 4) is 0 Å². The molecular weight excluding hydrogens is 360 g/mol. The average molecular weight is 386 g/mol. The molecule has 2 aliphatic heterocycles. The highest BCUT2D eigenvalue weighted by atomic mass is 16.5. The number of aromatic nitrogens is 2. The summed E-state index contributed by atoms with van der Waals surface area (Å²) in [6.45, 7) is 8.14. The number of morpholine rings is 1. The van der Waals surface area contributed by atoms with Gasteiger partial charge in [-0.2, -0.15) is 0 Å². The summed E-state index contributed by atoms with van der Waals surface area (Å²) in [7, 11) is 0. The fraction of sp³-hybridized carbons (Fsp3) is 0.526. The van der Waals surface area contributed by atoms with Crippen molar-refractivity contribution in [2.45, 2.75) is 0 Å². The highest BCUT2D eigenvalue weighted by Crippen LogP contribution is 2.17. The number of carbonyl (C=O) groups is 1. The van der Waals surface area contributed by atoms with Crippen molar-refractivity contribution >= 4 is 17.5 Å². The number of furan rings is 1. The number of hydrogen-bond donors (Lipinski definition) is 1. The molecule has 0 saturated carbocycles. The molecule has 0 radical (unpaired) electrons. The normalized spacial score (nSPS) is 18.3. The van der Waals surface area contributed by atoms with Gasteiger partial charge in [0.25, 0.3) is 5.91 Å². The Hall–Kier alpha value is -2.65. The van der Waals surface area contributed by atoms with E-state index in [4.69, 9.17) is 9.15 Å². The smallest absolute Gasteiger partial charge is 0.289 e. The van der Waals surface area contributed by atoms with Crippen LogP contribution in [-0.2, 0) is 4.74 Å². The molecule has 0 unspecified atom stereocenters. The lowest BCUT2D eigenvalue weighted by Crippen LogP contribution is -2.49. The second-order valence-electron chi connectivity index (χ2n) is 6.90. The molecule has 9 heteroatoms. The molecule has 4 heterocycles. The van der Waals surface area contributed by atoms with Crippen molar-refractivity contribution in [2.24, 2.45) is 0 Å². The first-order valence-corrected chi connectivity index (χ1v) is 9.73. The molecule has 1 amide bonds. The van der Waals surface area contributed by atoms with Crippen molar-refractivity contribution in [1.29, 1.82) is 0 Å². The maximum atomic E-state index is 12.4. The zero-order valence-corrected chi connectivity index (χ0v) is 15.9. The summed E-state index contributed by atoms with van der Waals surface area (Å²) in [5, 5.41) is 3.38. The average Bonchev–Trinajstić information content (AvgIpc) is 3.29. The highest BCUT2D eigenvalue weighted by molar-refractivity contribution is 5.91. The standard InChI is InChI=1S/C19H26N6O3/c26-19(16-2-1-11-28-16)25-7-5-24(6-8-25)18-14-17(21-15-22-18)20-3-4-23-9-12-27-13-10-23/h1-2,11,14-15H,3-10,12-13H2,(H,20,21,22). The number of hydrogen-bond acceptors (Lipinski definition) is 8. The fourth-order valence-corrected chi connectivity index (χ4v) is 3.48. The van der Waals surface area contributed by atoms with Gasteiger partial charge < -0.3 is 24.3 Å². The molecule has 2 aromatic rings. The number of ether oxygens (including phenoxy) is 1. The molecule has 0 aromatic carbocycles. The molecule has 2 saturated heterocycles. The quantitative estimate of drug-likeness (QED) is 0.779. The van der Waals surface area contributed by atoms with Crippen molar-refractivity contribution in [2.75, 3.05) is 75.8 Å². The molecule has 0 bridgehead atoms. The van der Waals surface area contributed by atoms with Crippen LogP contribution in [0.2, 0.25) is 0 Å². The van der Waals surface area contributed by atoms with Gasteiger partial charge in [0.15, 0.2) is 5.76 Å². The number of anilines is 2. The van der Waals surface area contributed by atoms with Gasteiger partial charge in [0.1, 0.15) is 18.0 Å². The molecule has 0 aliphatic carbocycles. The van der Waals surface area contributed by atoms with E-state index in [1.807, 2.05) is 11.0 Å². The Kier molecular flexibility index (Phi) is 6.03. The van der Waals surface area contributed by atoms with E-state index in [1.54, 1.807) is 18.5 Å². The third-order valence-corrected chi connectivity index (χ3v) is 5.11. The van der Waals surface area contributed by atoms with Crippen LogP contribution in [-0.4, -0.2) is 91.2 Å². The minimum absolute atomic E-state index is 0.0576. The number of piperazine rings is 1. The van der Waals surface area contributed by atoms with Crippen LogP contribution in [0.1, 0.15) is 10.6 Å². The summed E-state index contributed by atoms with van der Waals surface area (Å²) in [5.74, 6) is 2.04. The lowest BCUT2D eigenvalue weighted by molar-refractivity contribution is 0.0398. The Morgan fingerprint density at radius 2 is 1.93 bits per heavy atom. The van der Waals surface area contributed by atoms with E-state index < -0.39 is 0 Å². The van der Waals surface area contributed by atoms with Crippen LogP contribution in [0.5, 0.6) is 0 Å². The van der Waals surface area contributed by atoms with Crippen LogP contribution in [0.4, 0.5) is 11.6 Å². The SMILES string of the molecule is O=C(c1ccco1)N1CCN(c2cc(NCCN3CCOCC3)ncn2)CC1. The first-order valence-electron chi connectivity index (χ1n) is 9.73. The van der Waals surface area contributed by atoms with Crippen molar-refractivity contribution < 1.29 is 13.9 Å². The monoisotopic (exact) mass is 386 g/mol. The molecule has 4 rings (SSSR count). The maximum Gasteiger partial charge on any atom is 0.289 e. The van der Waals surface area contributed by atoms with Gasteiger partial charge >= 0.3 is 0 Å². The van der Waals surface area contributed by atoms with E-state index >= 15 is 0 Å². The van der Waals surface area contributed by atoms with Gasteiger partial charge in [-0.1, -0.05) is 0 Å². The van der Waals surface area contributed by atoms with E-state index in [9.17, 15) is 4.79 Å². The van der Waals surface area contributed by atoms with Crippen molar-refractivity contribution in [1.82, 2.24) is 19.8 Å². The molecular formula is C19H26N6O3. The summed E-state index contributed by atoms with van der Waals surface area (Å²) in [5.41, 5.74) is 0. The Morgan fingerprint density at radius 1 is 1.11 bits per heavy atom. The van der Waals surface area contributed by atoms with Crippen LogP contribution in [0.15, 0.2) is 35.2 Å². The zero-order chi connectivity index (χ0) is 19.2. The third-order valence-electron chi connectivity index (χ3n) is 5.11. The van der Waals surface area contributed by atoms with E-state index in [0.29, 0.717) is 18.8 Å². The van der Waals surface area contributed by atoms with E-state index in [-0.39, 0.29) is 5.91 Å². The molecule has 0 atom stereocenters. The first kappa shape index (κ1) is 18.7. The maximum absolute atomic E-state index is 12.4. The molecule has 9 nitrogen and oxygen atoms in total. The summed E-state index contributed by atoms with van der Waals surface area (Å²) in [4.78, 5) is 27.5. The molecule has 2 aliphatic rings. The third kappa shape index (κ3) is 4.60. The van der Waals surface area contributed by atoms with Gasteiger partial charge in [-0.15, -0.1) is 0 Å². The fourth-order valence-electron chi connectivity index (χ4n) is 3.48. The summed E-state index contributed by atoms with van der Waals surface area (Å²) in [6, 6.07) is 5.41. The van der Waals surface area contributed by atoms with E-state index in [0.717, 1.165) is 64.1 Å². The Labute approximate surface area is 164 Å². The Balaban J connectivity index is 1.27. The Morgan fingerprint density at radius 3 is 2.68 bits per heavy atom. The summed E-state index contributed by atoms with van der Waals surface area (Å²) in [6.07, 6.45) is 3.12. The van der Waals surface area contributed by atoms with Gasteiger partial charge in [-0.05, 0) is 12.1 Å². The minimum atomic E-state index is -0.0576. The van der Waals surface area contributed by atoms with Crippen LogP contribution in [0.3, 0.4) is 0 Å². The molecule has 150 valence electrons. The number of amides is 1.